The Morgan fingerprint density at radius 3 is 1.20 bits per heavy atom. The van der Waals surface area contributed by atoms with E-state index in [1.165, 1.54) is 13.8 Å². The van der Waals surface area contributed by atoms with Crippen molar-refractivity contribution >= 4 is 24.1 Å². The van der Waals surface area contributed by atoms with E-state index >= 15 is 0 Å². The van der Waals surface area contributed by atoms with Gasteiger partial charge in [-0.1, -0.05) is 0 Å². The van der Waals surface area contributed by atoms with Gasteiger partial charge in [-0.05, 0) is 55.4 Å². The highest BCUT2D eigenvalue weighted by Crippen LogP contribution is 2.08. The van der Waals surface area contributed by atoms with Crippen molar-refractivity contribution in [2.24, 2.45) is 0 Å². The molecule has 0 aromatic rings. The summed E-state index contributed by atoms with van der Waals surface area (Å²) >= 11 is 0. The Kier molecular flexibility index (Phi) is 7.88. The topological polar surface area (TPSA) is 120 Å². The Bertz CT molecular complexity index is 472. The molecule has 0 fully saturated rings. The number of esters is 2. The summed E-state index contributed by atoms with van der Waals surface area (Å²) < 4.78 is 14.6. The van der Waals surface area contributed by atoms with Crippen LogP contribution in [0.4, 0.5) is 9.59 Å². The summed E-state index contributed by atoms with van der Waals surface area (Å²) in [7, 11) is 0. The average molecular weight is 360 g/mol. The normalized spacial score (nSPS) is 13.9. The molecule has 0 aliphatic carbocycles. The zero-order chi connectivity index (χ0) is 20.0. The van der Waals surface area contributed by atoms with Crippen LogP contribution in [0, 0.1) is 0 Å². The lowest BCUT2D eigenvalue weighted by atomic mass is 10.2. The lowest BCUT2D eigenvalue weighted by molar-refractivity contribution is -0.162. The van der Waals surface area contributed by atoms with Crippen molar-refractivity contribution in [3.05, 3.63) is 0 Å². The second-order valence-electron chi connectivity index (χ2n) is 7.48. The van der Waals surface area contributed by atoms with Gasteiger partial charge < -0.3 is 24.8 Å². The third kappa shape index (κ3) is 11.0. The zero-order valence-corrected chi connectivity index (χ0v) is 16.0. The van der Waals surface area contributed by atoms with Gasteiger partial charge in [0.1, 0.15) is 23.3 Å². The van der Waals surface area contributed by atoms with Crippen LogP contribution in [-0.2, 0) is 23.8 Å². The fourth-order valence-electron chi connectivity index (χ4n) is 1.36. The summed E-state index contributed by atoms with van der Waals surface area (Å²) in [6.07, 6.45) is -1.63. The first-order valence-electron chi connectivity index (χ1n) is 7.85. The van der Waals surface area contributed by atoms with Gasteiger partial charge in [0, 0.05) is 0 Å². The highest BCUT2D eigenvalue weighted by molar-refractivity contribution is 5.93. The third-order valence-electron chi connectivity index (χ3n) is 2.37. The highest BCUT2D eigenvalue weighted by atomic mass is 16.6. The number of rotatable bonds is 4. The molecule has 0 spiro atoms. The fourth-order valence-corrected chi connectivity index (χ4v) is 1.36. The SMILES string of the molecule is C[C@H](NC(=O)OC(C)(C)C)C(=O)OC(=O)[C@H](C)NC(=O)OC(C)(C)C. The van der Waals surface area contributed by atoms with Gasteiger partial charge in [-0.15, -0.1) is 0 Å². The minimum absolute atomic E-state index is 0.727. The van der Waals surface area contributed by atoms with Crippen LogP contribution in [-0.4, -0.2) is 47.4 Å². The monoisotopic (exact) mass is 360 g/mol. The first-order valence-corrected chi connectivity index (χ1v) is 7.85. The van der Waals surface area contributed by atoms with E-state index in [-0.39, 0.29) is 0 Å². The Balaban J connectivity index is 4.46. The summed E-state index contributed by atoms with van der Waals surface area (Å²) in [5, 5.41) is 4.50. The Morgan fingerprint density at radius 1 is 0.680 bits per heavy atom. The lowest BCUT2D eigenvalue weighted by Gasteiger charge is -2.22. The van der Waals surface area contributed by atoms with Gasteiger partial charge in [0.15, 0.2) is 0 Å². The number of nitrogens with one attached hydrogen (secondary N) is 2. The van der Waals surface area contributed by atoms with Gasteiger partial charge in [0.2, 0.25) is 0 Å². The first-order chi connectivity index (χ1) is 11.1. The van der Waals surface area contributed by atoms with Gasteiger partial charge >= 0.3 is 24.1 Å². The van der Waals surface area contributed by atoms with E-state index in [4.69, 9.17) is 9.47 Å². The second kappa shape index (κ2) is 8.68. The van der Waals surface area contributed by atoms with Crippen LogP contribution >= 0.6 is 0 Å². The standard InChI is InChI=1S/C16H28N2O7/c1-9(17-13(21)24-15(3,4)5)11(19)23-12(20)10(2)18-14(22)25-16(6,7)8/h9-10H,1-8H3,(H,17,21)(H,18,22)/t9-,10-/m0/s1. The van der Waals surface area contributed by atoms with Crippen LogP contribution < -0.4 is 10.6 Å². The molecule has 2 atom stereocenters. The number of alkyl carbamates (subject to hydrolysis) is 2. The number of carbonyl (C=O) groups excluding carboxylic acids is 4. The lowest BCUT2D eigenvalue weighted by Crippen LogP contribution is -2.46. The van der Waals surface area contributed by atoms with Crippen molar-refractivity contribution in [2.75, 3.05) is 0 Å². The van der Waals surface area contributed by atoms with E-state index in [9.17, 15) is 19.2 Å². The maximum Gasteiger partial charge on any atom is 0.408 e. The fraction of sp³-hybridized carbons (Fsp3) is 0.750. The number of hydrogen-bond acceptors (Lipinski definition) is 7. The van der Waals surface area contributed by atoms with Crippen LogP contribution in [0.2, 0.25) is 0 Å². The molecule has 144 valence electrons. The average Bonchev–Trinajstić information content (AvgIpc) is 2.33. The molecule has 25 heavy (non-hydrogen) atoms. The molecular weight excluding hydrogens is 332 g/mol. The van der Waals surface area contributed by atoms with Crippen molar-refractivity contribution in [3.8, 4) is 0 Å². The van der Waals surface area contributed by atoms with Crippen molar-refractivity contribution in [1.82, 2.24) is 10.6 Å². The molecule has 0 saturated heterocycles. The summed E-state index contributed by atoms with van der Waals surface area (Å²) in [6.45, 7) is 12.7. The quantitative estimate of drug-likeness (QED) is 0.446. The zero-order valence-electron chi connectivity index (χ0n) is 16.0. The molecule has 0 rings (SSSR count). The summed E-state index contributed by atoms with van der Waals surface area (Å²) in [6, 6.07) is -2.21. The molecule has 0 saturated carbocycles. The summed E-state index contributed by atoms with van der Waals surface area (Å²) in [5.41, 5.74) is -1.45. The predicted octanol–water partition coefficient (Wildman–Crippen LogP) is 1.88. The molecule has 9 heteroatoms. The molecule has 0 heterocycles. The van der Waals surface area contributed by atoms with E-state index in [2.05, 4.69) is 15.4 Å². The molecule has 0 bridgehead atoms. The molecule has 9 nitrogen and oxygen atoms in total. The maximum atomic E-state index is 11.8. The third-order valence-corrected chi connectivity index (χ3v) is 2.37. The van der Waals surface area contributed by atoms with Crippen molar-refractivity contribution < 1.29 is 33.4 Å². The van der Waals surface area contributed by atoms with Crippen LogP contribution in [0.3, 0.4) is 0 Å². The Hall–Kier alpha value is -2.32. The minimum atomic E-state index is -1.10. The largest absolute Gasteiger partial charge is 0.444 e. The molecule has 2 amide bonds. The number of carbonyl (C=O) groups is 4. The minimum Gasteiger partial charge on any atom is -0.444 e. The van der Waals surface area contributed by atoms with Gasteiger partial charge in [-0.25, -0.2) is 19.2 Å². The maximum absolute atomic E-state index is 11.8. The van der Waals surface area contributed by atoms with Crippen LogP contribution in [0.1, 0.15) is 55.4 Å². The molecule has 0 aliphatic heterocycles. The van der Waals surface area contributed by atoms with Crippen molar-refractivity contribution in [1.29, 1.82) is 0 Å². The molecular formula is C16H28N2O7. The van der Waals surface area contributed by atoms with E-state index in [0.29, 0.717) is 0 Å². The van der Waals surface area contributed by atoms with Crippen LogP contribution in [0.5, 0.6) is 0 Å². The van der Waals surface area contributed by atoms with E-state index in [1.807, 2.05) is 0 Å². The first kappa shape index (κ1) is 22.7. The molecule has 0 aromatic carbocycles. The Morgan fingerprint density at radius 2 is 0.960 bits per heavy atom. The molecule has 2 N–H and O–H groups in total. The van der Waals surface area contributed by atoms with Crippen molar-refractivity contribution in [3.63, 3.8) is 0 Å². The number of hydrogen-bond donors (Lipinski definition) is 2. The molecule has 0 unspecified atom stereocenters. The van der Waals surface area contributed by atoms with Gasteiger partial charge in [-0.3, -0.25) is 0 Å². The number of amides is 2. The Labute approximate surface area is 147 Å². The molecule has 0 radical (unpaired) electrons. The van der Waals surface area contributed by atoms with E-state index < -0.39 is 47.4 Å². The smallest absolute Gasteiger partial charge is 0.408 e. The van der Waals surface area contributed by atoms with E-state index in [1.54, 1.807) is 41.5 Å². The molecule has 0 aromatic heterocycles. The van der Waals surface area contributed by atoms with Crippen LogP contribution in [0.25, 0.3) is 0 Å². The van der Waals surface area contributed by atoms with Crippen LogP contribution in [0.15, 0.2) is 0 Å². The predicted molar refractivity (Wildman–Crippen MR) is 88.8 cm³/mol. The summed E-state index contributed by atoms with van der Waals surface area (Å²) in [5.74, 6) is -1.96. The van der Waals surface area contributed by atoms with Gasteiger partial charge in [0.05, 0.1) is 0 Å². The summed E-state index contributed by atoms with van der Waals surface area (Å²) in [4.78, 5) is 46.8. The second-order valence-corrected chi connectivity index (χ2v) is 7.48. The molecule has 0 aliphatic rings. The van der Waals surface area contributed by atoms with Gasteiger partial charge in [0.25, 0.3) is 0 Å². The number of ether oxygens (including phenoxy) is 3. The van der Waals surface area contributed by atoms with E-state index in [0.717, 1.165) is 0 Å². The van der Waals surface area contributed by atoms with Gasteiger partial charge in [-0.2, -0.15) is 0 Å². The highest BCUT2D eigenvalue weighted by Gasteiger charge is 2.27. The van der Waals surface area contributed by atoms with Crippen molar-refractivity contribution in [2.45, 2.75) is 78.7 Å².